The fourth-order valence-corrected chi connectivity index (χ4v) is 4.26. The highest BCUT2D eigenvalue weighted by atomic mass is 32.2. The van der Waals surface area contributed by atoms with Gasteiger partial charge in [0.15, 0.2) is 5.65 Å². The second-order valence-electron chi connectivity index (χ2n) is 7.35. The number of imide groups is 1. The highest BCUT2D eigenvalue weighted by Crippen LogP contribution is 2.27. The van der Waals surface area contributed by atoms with Crippen LogP contribution in [0.2, 0.25) is 0 Å². The summed E-state index contributed by atoms with van der Waals surface area (Å²) in [6.07, 6.45) is 3.31. The van der Waals surface area contributed by atoms with Gasteiger partial charge < -0.3 is 4.90 Å². The standard InChI is InChI=1S/C21H18N6O3S/c1-25-8-9-26(19(28)12-25)15-5-2-13(3-6-15)16-11-22-18-7-4-14(24-27(16)18)10-17-20(29)23-21(30)31-17/h2-7,10-11H,8-9,12H2,1H3,(H,23,29,30)/b17-10-. The van der Waals surface area contributed by atoms with Gasteiger partial charge in [0.1, 0.15) is 0 Å². The number of carbonyl (C=O) groups excluding carboxylic acids is 3. The van der Waals surface area contributed by atoms with E-state index in [1.54, 1.807) is 33.8 Å². The molecule has 31 heavy (non-hydrogen) atoms. The summed E-state index contributed by atoms with van der Waals surface area (Å²) < 4.78 is 1.70. The van der Waals surface area contributed by atoms with Crippen LogP contribution < -0.4 is 10.2 Å². The quantitative estimate of drug-likeness (QED) is 0.630. The third-order valence-corrected chi connectivity index (χ3v) is 6.00. The first-order valence-corrected chi connectivity index (χ1v) is 10.5. The predicted molar refractivity (Wildman–Crippen MR) is 117 cm³/mol. The van der Waals surface area contributed by atoms with E-state index in [-0.39, 0.29) is 11.1 Å². The minimum Gasteiger partial charge on any atom is -0.310 e. The zero-order valence-electron chi connectivity index (χ0n) is 16.6. The molecule has 0 spiro atoms. The molecular formula is C21H18N6O3S. The van der Waals surface area contributed by atoms with Crippen molar-refractivity contribution in [3.05, 3.63) is 53.2 Å². The van der Waals surface area contributed by atoms with Gasteiger partial charge >= 0.3 is 0 Å². The van der Waals surface area contributed by atoms with Crippen LogP contribution in [0.1, 0.15) is 5.69 Å². The first-order chi connectivity index (χ1) is 15.0. The molecule has 9 nitrogen and oxygen atoms in total. The molecule has 2 fully saturated rings. The molecule has 0 aliphatic carbocycles. The molecule has 0 radical (unpaired) electrons. The summed E-state index contributed by atoms with van der Waals surface area (Å²) in [5, 5.41) is 6.41. The summed E-state index contributed by atoms with van der Waals surface area (Å²) in [6, 6.07) is 11.3. The predicted octanol–water partition coefficient (Wildman–Crippen LogP) is 2.00. The van der Waals surface area contributed by atoms with Crippen LogP contribution in [0.15, 0.2) is 47.5 Å². The van der Waals surface area contributed by atoms with Gasteiger partial charge in [0.2, 0.25) is 5.91 Å². The van der Waals surface area contributed by atoms with Gasteiger partial charge in [-0.15, -0.1) is 0 Å². The molecule has 10 heteroatoms. The summed E-state index contributed by atoms with van der Waals surface area (Å²) in [7, 11) is 1.94. The van der Waals surface area contributed by atoms with Crippen molar-refractivity contribution in [3.63, 3.8) is 0 Å². The fraction of sp³-hybridized carbons (Fsp3) is 0.190. The topological polar surface area (TPSA) is 99.9 Å². The fourth-order valence-electron chi connectivity index (χ4n) is 3.59. The van der Waals surface area contributed by atoms with Crippen molar-refractivity contribution in [2.75, 3.05) is 31.6 Å². The molecule has 0 saturated carbocycles. The Labute approximate surface area is 181 Å². The number of anilines is 1. The molecule has 2 aliphatic rings. The Kier molecular flexibility index (Phi) is 4.79. The van der Waals surface area contributed by atoms with Gasteiger partial charge in [-0.25, -0.2) is 9.50 Å². The third-order valence-electron chi connectivity index (χ3n) is 5.19. The lowest BCUT2D eigenvalue weighted by Crippen LogP contribution is -2.48. The van der Waals surface area contributed by atoms with Crippen molar-refractivity contribution in [1.29, 1.82) is 0 Å². The minimum atomic E-state index is -0.420. The Morgan fingerprint density at radius 3 is 2.58 bits per heavy atom. The Hall–Kier alpha value is -3.50. The van der Waals surface area contributed by atoms with Crippen LogP contribution in [0, 0.1) is 0 Å². The van der Waals surface area contributed by atoms with E-state index in [1.165, 1.54) is 0 Å². The highest BCUT2D eigenvalue weighted by molar-refractivity contribution is 8.18. The van der Waals surface area contributed by atoms with Gasteiger partial charge in [0.25, 0.3) is 11.1 Å². The van der Waals surface area contributed by atoms with Crippen LogP contribution in [0.4, 0.5) is 10.5 Å². The summed E-state index contributed by atoms with van der Waals surface area (Å²) in [5.74, 6) is -0.334. The number of thioether (sulfide) groups is 1. The maximum absolute atomic E-state index is 12.3. The van der Waals surface area contributed by atoms with Crippen LogP contribution in [-0.4, -0.2) is 63.2 Å². The average Bonchev–Trinajstić information content (AvgIpc) is 3.30. The molecule has 2 aliphatic heterocycles. The molecule has 0 bridgehead atoms. The van der Waals surface area contributed by atoms with E-state index < -0.39 is 5.91 Å². The second kappa shape index (κ2) is 7.64. The number of nitrogens with zero attached hydrogens (tertiary/aromatic N) is 5. The van der Waals surface area contributed by atoms with E-state index >= 15 is 0 Å². The Bertz CT molecular complexity index is 1250. The zero-order chi connectivity index (χ0) is 21.5. The minimum absolute atomic E-state index is 0.0861. The summed E-state index contributed by atoms with van der Waals surface area (Å²) in [5.41, 5.74) is 3.75. The number of piperazine rings is 1. The number of fused-ring (bicyclic) bond motifs is 1. The normalized spacial score (nSPS) is 18.9. The molecule has 2 aromatic heterocycles. The van der Waals surface area contributed by atoms with Crippen LogP contribution in [0.25, 0.3) is 23.0 Å². The Morgan fingerprint density at radius 2 is 1.87 bits per heavy atom. The molecule has 3 aromatic rings. The number of hydrogen-bond acceptors (Lipinski definition) is 7. The van der Waals surface area contributed by atoms with Gasteiger partial charge in [-0.2, -0.15) is 5.10 Å². The first kappa shape index (κ1) is 19.5. The van der Waals surface area contributed by atoms with E-state index in [4.69, 9.17) is 0 Å². The number of likely N-dealkylation sites (N-methyl/N-ethyl adjacent to an activating group) is 1. The first-order valence-electron chi connectivity index (χ1n) is 9.67. The van der Waals surface area contributed by atoms with Crippen LogP contribution in [0.5, 0.6) is 0 Å². The molecule has 4 heterocycles. The number of carbonyl (C=O) groups is 3. The van der Waals surface area contributed by atoms with E-state index in [2.05, 4.69) is 15.4 Å². The van der Waals surface area contributed by atoms with E-state index in [0.717, 1.165) is 35.3 Å². The van der Waals surface area contributed by atoms with Gasteiger partial charge in [0, 0.05) is 24.3 Å². The maximum atomic E-state index is 12.3. The Morgan fingerprint density at radius 1 is 1.06 bits per heavy atom. The molecule has 1 N–H and O–H groups in total. The van der Waals surface area contributed by atoms with Crippen molar-refractivity contribution < 1.29 is 14.4 Å². The molecule has 1 aromatic carbocycles. The zero-order valence-corrected chi connectivity index (χ0v) is 17.4. The number of benzene rings is 1. The molecule has 3 amide bonds. The molecule has 156 valence electrons. The lowest BCUT2D eigenvalue weighted by molar-refractivity contribution is -0.120. The SMILES string of the molecule is CN1CCN(c2ccc(-c3cnc4ccc(/C=C5\SC(=O)NC5=O)nn34)cc2)C(=O)C1. The van der Waals surface area contributed by atoms with Crippen LogP contribution in [0.3, 0.4) is 0 Å². The Balaban J connectivity index is 1.45. The highest BCUT2D eigenvalue weighted by Gasteiger charge is 2.25. The van der Waals surface area contributed by atoms with E-state index in [1.807, 2.05) is 36.2 Å². The van der Waals surface area contributed by atoms with E-state index in [9.17, 15) is 14.4 Å². The van der Waals surface area contributed by atoms with Crippen LogP contribution in [-0.2, 0) is 9.59 Å². The van der Waals surface area contributed by atoms with Crippen LogP contribution >= 0.6 is 11.8 Å². The lowest BCUT2D eigenvalue weighted by Gasteiger charge is -2.32. The van der Waals surface area contributed by atoms with Gasteiger partial charge in [-0.1, -0.05) is 12.1 Å². The van der Waals surface area contributed by atoms with Gasteiger partial charge in [0.05, 0.1) is 29.0 Å². The van der Waals surface area contributed by atoms with Crippen molar-refractivity contribution >= 4 is 46.2 Å². The molecule has 2 saturated heterocycles. The maximum Gasteiger partial charge on any atom is 0.290 e. The third kappa shape index (κ3) is 3.71. The lowest BCUT2D eigenvalue weighted by atomic mass is 10.1. The van der Waals surface area contributed by atoms with Crippen molar-refractivity contribution in [3.8, 4) is 11.3 Å². The van der Waals surface area contributed by atoms with Crippen molar-refractivity contribution in [2.45, 2.75) is 0 Å². The number of imidazole rings is 1. The van der Waals surface area contributed by atoms with E-state index in [0.29, 0.717) is 29.3 Å². The number of nitrogens with one attached hydrogen (secondary N) is 1. The second-order valence-corrected chi connectivity index (χ2v) is 8.37. The number of amides is 3. The molecule has 0 atom stereocenters. The molecule has 5 rings (SSSR count). The average molecular weight is 434 g/mol. The summed E-state index contributed by atoms with van der Waals surface area (Å²) >= 11 is 0.853. The molecular weight excluding hydrogens is 416 g/mol. The summed E-state index contributed by atoms with van der Waals surface area (Å²) in [6.45, 7) is 1.92. The van der Waals surface area contributed by atoms with Gasteiger partial charge in [-0.3, -0.25) is 24.6 Å². The number of hydrogen-bond donors (Lipinski definition) is 1. The molecule has 0 unspecified atom stereocenters. The summed E-state index contributed by atoms with van der Waals surface area (Å²) in [4.78, 5) is 44.0. The number of aromatic nitrogens is 3. The van der Waals surface area contributed by atoms with Crippen molar-refractivity contribution in [2.24, 2.45) is 0 Å². The van der Waals surface area contributed by atoms with Gasteiger partial charge in [-0.05, 0) is 49.2 Å². The smallest absolute Gasteiger partial charge is 0.290 e. The largest absolute Gasteiger partial charge is 0.310 e. The van der Waals surface area contributed by atoms with Crippen molar-refractivity contribution in [1.82, 2.24) is 24.8 Å². The number of rotatable bonds is 3. The monoisotopic (exact) mass is 434 g/mol.